The Morgan fingerprint density at radius 3 is 2.69 bits per heavy atom. The maximum atomic E-state index is 13.9. The van der Waals surface area contributed by atoms with Crippen molar-refractivity contribution in [2.75, 3.05) is 18.0 Å². The topological polar surface area (TPSA) is 59.4 Å². The number of fused-ring (bicyclic) bond motifs is 1. The van der Waals surface area contributed by atoms with Gasteiger partial charge in [0.05, 0.1) is 22.9 Å². The fraction of sp³-hybridized carbons (Fsp3) is 0.429. The van der Waals surface area contributed by atoms with Gasteiger partial charge in [0, 0.05) is 40.9 Å². The van der Waals surface area contributed by atoms with E-state index in [0.717, 1.165) is 74.0 Å². The molecule has 36 heavy (non-hydrogen) atoms. The van der Waals surface area contributed by atoms with Gasteiger partial charge in [0.2, 0.25) is 5.91 Å². The molecular weight excluding hydrogens is 479 g/mol. The molecule has 6 nitrogen and oxygen atoms in total. The second-order valence-electron chi connectivity index (χ2n) is 10.2. The Labute approximate surface area is 215 Å². The van der Waals surface area contributed by atoms with Gasteiger partial charge in [-0.15, -0.1) is 0 Å². The molecule has 1 aromatic heterocycles. The number of piperidine rings is 1. The highest BCUT2D eigenvalue weighted by Gasteiger charge is 2.39. The number of anilines is 1. The first-order valence-electron chi connectivity index (χ1n) is 12.9. The number of hydrogen-bond donors (Lipinski definition) is 1. The molecule has 188 valence electrons. The lowest BCUT2D eigenvalue weighted by Gasteiger charge is -2.36. The molecule has 0 radical (unpaired) electrons. The van der Waals surface area contributed by atoms with Gasteiger partial charge in [-0.1, -0.05) is 11.6 Å². The Kier molecular flexibility index (Phi) is 6.21. The van der Waals surface area contributed by atoms with Gasteiger partial charge in [-0.2, -0.15) is 5.10 Å². The quantitative estimate of drug-likeness (QED) is 0.450. The third kappa shape index (κ3) is 4.39. The van der Waals surface area contributed by atoms with E-state index >= 15 is 0 Å². The number of aromatic nitrogens is 2. The molecule has 8 heteroatoms. The van der Waals surface area contributed by atoms with Crippen LogP contribution in [0.15, 0.2) is 42.7 Å². The number of nitrogens with one attached hydrogen (secondary N) is 1. The first-order valence-corrected chi connectivity index (χ1v) is 13.2. The highest BCUT2D eigenvalue weighted by molar-refractivity contribution is 6.30. The number of rotatable bonds is 5. The molecule has 1 saturated heterocycles. The number of carbonyl (C=O) groups is 1. The Morgan fingerprint density at radius 1 is 1.14 bits per heavy atom. The summed E-state index contributed by atoms with van der Waals surface area (Å²) in [4.78, 5) is 15.2. The lowest BCUT2D eigenvalue weighted by Crippen LogP contribution is -2.43. The summed E-state index contributed by atoms with van der Waals surface area (Å²) < 4.78 is 22.4. The van der Waals surface area contributed by atoms with Gasteiger partial charge in [-0.05, 0) is 82.8 Å². The summed E-state index contributed by atoms with van der Waals surface area (Å²) in [6.07, 6.45) is 9.60. The molecule has 6 rings (SSSR count). The molecule has 3 aliphatic rings. The molecule has 2 fully saturated rings. The lowest BCUT2D eigenvalue weighted by atomic mass is 9.92. The monoisotopic (exact) mass is 508 g/mol. The van der Waals surface area contributed by atoms with Crippen LogP contribution in [0.1, 0.15) is 50.6 Å². The van der Waals surface area contributed by atoms with Gasteiger partial charge in [0.15, 0.2) is 0 Å². The first-order chi connectivity index (χ1) is 17.5. The van der Waals surface area contributed by atoms with E-state index in [1.165, 1.54) is 12.1 Å². The maximum Gasteiger partial charge on any atom is 0.230 e. The third-order valence-corrected chi connectivity index (χ3v) is 7.91. The number of carbonyl (C=O) groups excluding carboxylic acids is 1. The van der Waals surface area contributed by atoms with Crippen LogP contribution in [0.2, 0.25) is 5.02 Å². The molecule has 1 N–H and O–H groups in total. The van der Waals surface area contributed by atoms with Crippen molar-refractivity contribution in [1.82, 2.24) is 15.1 Å². The van der Waals surface area contributed by atoms with Gasteiger partial charge >= 0.3 is 0 Å². The summed E-state index contributed by atoms with van der Waals surface area (Å²) in [7, 11) is 0. The minimum atomic E-state index is -0.488. The first kappa shape index (κ1) is 23.5. The van der Waals surface area contributed by atoms with Crippen LogP contribution in [0, 0.1) is 11.7 Å². The van der Waals surface area contributed by atoms with Crippen molar-refractivity contribution < 1.29 is 13.9 Å². The average molecular weight is 509 g/mol. The van der Waals surface area contributed by atoms with Crippen LogP contribution in [-0.2, 0) is 11.2 Å². The summed E-state index contributed by atoms with van der Waals surface area (Å²) in [5, 5.41) is 8.10. The van der Waals surface area contributed by atoms with Crippen LogP contribution in [0.5, 0.6) is 11.5 Å². The summed E-state index contributed by atoms with van der Waals surface area (Å²) in [6.45, 7) is 4.09. The molecule has 1 aliphatic carbocycles. The van der Waals surface area contributed by atoms with E-state index in [-0.39, 0.29) is 22.9 Å². The molecule has 1 atom stereocenters. The molecule has 1 amide bonds. The van der Waals surface area contributed by atoms with Crippen molar-refractivity contribution in [2.45, 2.75) is 57.5 Å². The fourth-order valence-corrected chi connectivity index (χ4v) is 5.59. The maximum absolute atomic E-state index is 13.9. The van der Waals surface area contributed by atoms with Crippen LogP contribution in [-0.4, -0.2) is 34.8 Å². The number of ether oxygens (including phenoxy) is 1. The van der Waals surface area contributed by atoms with E-state index in [9.17, 15) is 9.18 Å². The van der Waals surface area contributed by atoms with Crippen molar-refractivity contribution in [1.29, 1.82) is 0 Å². The Bertz CT molecular complexity index is 1300. The van der Waals surface area contributed by atoms with Crippen LogP contribution in [0.3, 0.4) is 0 Å². The summed E-state index contributed by atoms with van der Waals surface area (Å²) >= 11 is 6.07. The largest absolute Gasteiger partial charge is 0.456 e. The van der Waals surface area contributed by atoms with E-state index in [0.29, 0.717) is 17.5 Å². The summed E-state index contributed by atoms with van der Waals surface area (Å²) in [6, 6.07) is 8.96. The van der Waals surface area contributed by atoms with Gasteiger partial charge in [0.25, 0.3) is 0 Å². The normalized spacial score (nSPS) is 20.3. The van der Waals surface area contributed by atoms with Crippen LogP contribution >= 0.6 is 11.6 Å². The molecule has 1 saturated carbocycles. The molecular formula is C28H30ClFN4O2. The Morgan fingerprint density at radius 2 is 1.94 bits per heavy atom. The Balaban J connectivity index is 1.44. The zero-order valence-corrected chi connectivity index (χ0v) is 21.1. The van der Waals surface area contributed by atoms with Crippen molar-refractivity contribution in [2.24, 2.45) is 5.92 Å². The Hall–Kier alpha value is -2.90. The van der Waals surface area contributed by atoms with Crippen molar-refractivity contribution in [3.8, 4) is 22.6 Å². The van der Waals surface area contributed by atoms with Gasteiger partial charge in [0.1, 0.15) is 17.3 Å². The van der Waals surface area contributed by atoms with Gasteiger partial charge in [-0.25, -0.2) is 4.39 Å². The molecule has 3 aromatic rings. The van der Waals surface area contributed by atoms with Crippen molar-refractivity contribution >= 4 is 23.2 Å². The third-order valence-electron chi connectivity index (χ3n) is 7.62. The summed E-state index contributed by atoms with van der Waals surface area (Å²) in [5.74, 6) is 0.978. The minimum Gasteiger partial charge on any atom is -0.456 e. The highest BCUT2D eigenvalue weighted by atomic mass is 35.5. The van der Waals surface area contributed by atoms with Crippen molar-refractivity contribution in [3.63, 3.8) is 0 Å². The second-order valence-corrected chi connectivity index (χ2v) is 10.6. The van der Waals surface area contributed by atoms with E-state index in [1.54, 1.807) is 6.07 Å². The van der Waals surface area contributed by atoms with Gasteiger partial charge < -0.3 is 15.0 Å². The number of nitrogens with zero attached hydrogens (tertiary/aromatic N) is 3. The van der Waals surface area contributed by atoms with E-state index in [2.05, 4.69) is 28.2 Å². The smallest absolute Gasteiger partial charge is 0.230 e. The number of benzene rings is 2. The second kappa shape index (κ2) is 9.52. The lowest BCUT2D eigenvalue weighted by molar-refractivity contribution is -0.120. The molecule has 2 aromatic carbocycles. The minimum absolute atomic E-state index is 0.0109. The predicted octanol–water partition coefficient (Wildman–Crippen LogP) is 6.14. The van der Waals surface area contributed by atoms with Crippen LogP contribution in [0.4, 0.5) is 10.1 Å². The molecule has 0 spiro atoms. The van der Waals surface area contributed by atoms with E-state index in [1.807, 2.05) is 23.2 Å². The van der Waals surface area contributed by atoms with E-state index in [4.69, 9.17) is 16.3 Å². The van der Waals surface area contributed by atoms with E-state index < -0.39 is 5.82 Å². The van der Waals surface area contributed by atoms with Gasteiger partial charge in [-0.3, -0.25) is 9.48 Å². The number of halogens is 2. The number of amides is 1. The standard InChI is InChI=1S/C28H30ClFN4O2/c1-17-2-6-23-26(34(17)28(35)18-3-4-18)9-7-22(27(23)36-21-5-8-25(30)24(29)14-21)19-15-32-33(16-19)20-10-12-31-13-11-20/h5,7-9,14-18,20,31H,2-4,6,10-13H2,1H3/t17-/m0/s1. The number of hydrogen-bond acceptors (Lipinski definition) is 4. The van der Waals surface area contributed by atoms with Crippen molar-refractivity contribution in [3.05, 3.63) is 59.1 Å². The van der Waals surface area contributed by atoms with Crippen LogP contribution < -0.4 is 15.0 Å². The zero-order chi connectivity index (χ0) is 24.8. The molecule has 0 bridgehead atoms. The molecule has 0 unspecified atom stereocenters. The highest BCUT2D eigenvalue weighted by Crippen LogP contribution is 2.46. The fourth-order valence-electron chi connectivity index (χ4n) is 5.42. The zero-order valence-electron chi connectivity index (χ0n) is 20.3. The predicted molar refractivity (Wildman–Crippen MR) is 138 cm³/mol. The molecule has 2 aliphatic heterocycles. The summed E-state index contributed by atoms with van der Waals surface area (Å²) in [5.41, 5.74) is 3.76. The SMILES string of the molecule is C[C@H]1CCc2c(ccc(-c3cnn(C4CCNCC4)c3)c2Oc2ccc(F)c(Cl)c2)N1C(=O)C1CC1. The average Bonchev–Trinajstić information content (AvgIpc) is 3.63. The van der Waals surface area contributed by atoms with Crippen LogP contribution in [0.25, 0.3) is 11.1 Å². The molecule has 3 heterocycles.